The maximum atomic E-state index is 9.49. The number of hydrogen-bond acceptors (Lipinski definition) is 4. The highest BCUT2D eigenvalue weighted by Gasteiger charge is 2.41. The molecule has 4 heteroatoms. The number of nitrogens with zero attached hydrogens (tertiary/aromatic N) is 4. The number of aromatic nitrogens is 3. The molecule has 2 aliphatic carbocycles. The second-order valence-corrected chi connectivity index (χ2v) is 17.5. The average molecular weight is 785 g/mol. The molecule has 1 aromatic heterocycles. The molecule has 3 atom stereocenters. The minimum absolute atomic E-state index is 0.221. The van der Waals surface area contributed by atoms with Crippen LogP contribution in [0.3, 0.4) is 0 Å². The molecule has 0 N–H and O–H groups in total. The van der Waals surface area contributed by atoms with Crippen LogP contribution in [-0.4, -0.2) is 15.0 Å². The van der Waals surface area contributed by atoms with E-state index in [1.165, 1.54) is 70.3 Å². The molecule has 0 spiro atoms. The van der Waals surface area contributed by atoms with Crippen LogP contribution in [0.25, 0.3) is 89.1 Å². The first kappa shape index (κ1) is 36.8. The first-order chi connectivity index (χ1) is 30.0. The van der Waals surface area contributed by atoms with Gasteiger partial charge in [-0.3, -0.25) is 0 Å². The summed E-state index contributed by atoms with van der Waals surface area (Å²) < 4.78 is 0. The van der Waals surface area contributed by atoms with Crippen molar-refractivity contribution in [3.63, 3.8) is 0 Å². The Morgan fingerprint density at radius 3 is 1.39 bits per heavy atom. The lowest BCUT2D eigenvalue weighted by atomic mass is 9.66. The smallest absolute Gasteiger partial charge is 0.164 e. The van der Waals surface area contributed by atoms with Gasteiger partial charge < -0.3 is 0 Å². The van der Waals surface area contributed by atoms with E-state index >= 15 is 0 Å². The summed E-state index contributed by atoms with van der Waals surface area (Å²) in [6.07, 6.45) is 6.75. The monoisotopic (exact) mass is 784 g/mol. The molecule has 0 aliphatic heterocycles. The maximum Gasteiger partial charge on any atom is 0.164 e. The van der Waals surface area contributed by atoms with Crippen molar-refractivity contribution in [3.8, 4) is 73.6 Å². The van der Waals surface area contributed by atoms with Crippen LogP contribution >= 0.6 is 0 Å². The van der Waals surface area contributed by atoms with Gasteiger partial charge in [0.2, 0.25) is 0 Å². The highest BCUT2D eigenvalue weighted by atomic mass is 15.0. The van der Waals surface area contributed by atoms with Gasteiger partial charge in [-0.1, -0.05) is 177 Å². The van der Waals surface area contributed by atoms with Crippen LogP contribution in [0, 0.1) is 23.2 Å². The van der Waals surface area contributed by atoms with E-state index in [1.807, 2.05) is 18.2 Å². The number of nitriles is 1. The summed E-state index contributed by atoms with van der Waals surface area (Å²) in [5, 5.41) is 14.2. The molecule has 4 nitrogen and oxygen atoms in total. The predicted molar refractivity (Wildman–Crippen MR) is 250 cm³/mol. The van der Waals surface area contributed by atoms with Crippen LogP contribution in [0.2, 0.25) is 0 Å². The van der Waals surface area contributed by atoms with Gasteiger partial charge >= 0.3 is 0 Å². The zero-order valence-electron chi connectivity index (χ0n) is 34.2. The third kappa shape index (κ3) is 6.77. The molecule has 0 amide bonds. The molecule has 0 radical (unpaired) electrons. The van der Waals surface area contributed by atoms with Crippen LogP contribution in [0.15, 0.2) is 176 Å². The van der Waals surface area contributed by atoms with E-state index in [4.69, 9.17) is 15.0 Å². The van der Waals surface area contributed by atoms with E-state index in [0.29, 0.717) is 23.0 Å². The molecule has 61 heavy (non-hydrogen) atoms. The standard InChI is InChI=1S/C57H44N4/c1-57(34-38-18-19-39(32-38)35-57)47-30-28-44(29-31-47)55-59-54(60-56(61-55)46-13-9-12-45(33-46)40-10-3-2-4-11-40)43-26-24-42(25-27-43)53-50-16-7-5-14-48(50)52(49-15-6-8-17-51(49)53)41-22-20-37(36-58)21-23-41/h2-17,20-31,33,38-39H,18-19,32,34-35H2,1H3/t38-,39+,57?. The molecule has 8 aromatic carbocycles. The summed E-state index contributed by atoms with van der Waals surface area (Å²) in [5.41, 5.74) is 12.0. The topological polar surface area (TPSA) is 62.5 Å². The molecule has 1 heterocycles. The van der Waals surface area contributed by atoms with Crippen molar-refractivity contribution in [2.24, 2.45) is 11.8 Å². The van der Waals surface area contributed by atoms with Crippen molar-refractivity contribution >= 4 is 21.5 Å². The molecule has 0 saturated heterocycles. The van der Waals surface area contributed by atoms with Crippen LogP contribution < -0.4 is 0 Å². The SMILES string of the molecule is CC1(c2ccc(-c3nc(-c4ccc(-c5c6ccccc6c(-c6ccc(C#N)cc6)c6ccccc56)cc4)nc(-c4cccc(-c5ccccc5)c4)n3)cc2)C[C@@H]2CC[C@@H](C2)C1. The predicted octanol–water partition coefficient (Wildman–Crippen LogP) is 14.5. The van der Waals surface area contributed by atoms with Crippen molar-refractivity contribution in [2.45, 2.75) is 44.4 Å². The van der Waals surface area contributed by atoms with Crippen molar-refractivity contribution in [2.75, 3.05) is 0 Å². The highest BCUT2D eigenvalue weighted by molar-refractivity contribution is 6.21. The Labute approximate surface area is 357 Å². The molecule has 292 valence electrons. The number of fused-ring (bicyclic) bond motifs is 4. The van der Waals surface area contributed by atoms with Crippen molar-refractivity contribution < 1.29 is 0 Å². The number of hydrogen-bond donors (Lipinski definition) is 0. The molecule has 11 rings (SSSR count). The molecule has 2 bridgehead atoms. The average Bonchev–Trinajstić information content (AvgIpc) is 3.68. The number of benzene rings is 8. The Morgan fingerprint density at radius 2 is 0.869 bits per heavy atom. The molecule has 2 aliphatic rings. The summed E-state index contributed by atoms with van der Waals surface area (Å²) >= 11 is 0. The summed E-state index contributed by atoms with van der Waals surface area (Å²) in [6.45, 7) is 2.48. The lowest BCUT2D eigenvalue weighted by Gasteiger charge is -2.38. The first-order valence-corrected chi connectivity index (χ1v) is 21.6. The molecule has 1 unspecified atom stereocenters. The van der Waals surface area contributed by atoms with Crippen LogP contribution in [0.4, 0.5) is 0 Å². The summed E-state index contributed by atoms with van der Waals surface area (Å²) in [5.74, 6) is 3.69. The largest absolute Gasteiger partial charge is 0.208 e. The minimum atomic E-state index is 0.221. The van der Waals surface area contributed by atoms with Gasteiger partial charge in [0.05, 0.1) is 11.6 Å². The Hall–Kier alpha value is -7.22. The zero-order valence-corrected chi connectivity index (χ0v) is 34.2. The normalized spacial score (nSPS) is 18.3. The van der Waals surface area contributed by atoms with Gasteiger partial charge in [-0.2, -0.15) is 5.26 Å². The van der Waals surface area contributed by atoms with E-state index in [-0.39, 0.29) is 5.41 Å². The third-order valence-corrected chi connectivity index (χ3v) is 13.5. The van der Waals surface area contributed by atoms with Gasteiger partial charge in [-0.25, -0.2) is 15.0 Å². The Bertz CT molecular complexity index is 3060. The molecular weight excluding hydrogens is 741 g/mol. The summed E-state index contributed by atoms with van der Waals surface area (Å²) in [7, 11) is 0. The molecule has 9 aromatic rings. The number of rotatable bonds is 7. The summed E-state index contributed by atoms with van der Waals surface area (Å²) in [6, 6.07) is 64.3. The van der Waals surface area contributed by atoms with Crippen LogP contribution in [-0.2, 0) is 5.41 Å². The van der Waals surface area contributed by atoms with Gasteiger partial charge in [0.25, 0.3) is 0 Å². The minimum Gasteiger partial charge on any atom is -0.208 e. The fraction of sp³-hybridized carbons (Fsp3) is 0.158. The zero-order chi connectivity index (χ0) is 40.9. The van der Waals surface area contributed by atoms with Crippen LogP contribution in [0.5, 0.6) is 0 Å². The van der Waals surface area contributed by atoms with Gasteiger partial charge in [0.15, 0.2) is 17.5 Å². The van der Waals surface area contributed by atoms with Crippen molar-refractivity contribution in [1.29, 1.82) is 5.26 Å². The molecular formula is C57H44N4. The van der Waals surface area contributed by atoms with E-state index in [9.17, 15) is 5.26 Å². The Morgan fingerprint density at radius 1 is 0.443 bits per heavy atom. The quantitative estimate of drug-likeness (QED) is 0.151. The van der Waals surface area contributed by atoms with Gasteiger partial charge in [-0.15, -0.1) is 0 Å². The second-order valence-electron chi connectivity index (χ2n) is 17.5. The van der Waals surface area contributed by atoms with Crippen molar-refractivity contribution in [1.82, 2.24) is 15.0 Å². The van der Waals surface area contributed by atoms with E-state index in [0.717, 1.165) is 50.8 Å². The van der Waals surface area contributed by atoms with Gasteiger partial charge in [0.1, 0.15) is 0 Å². The summed E-state index contributed by atoms with van der Waals surface area (Å²) in [4.78, 5) is 15.5. The lowest BCUT2D eigenvalue weighted by Crippen LogP contribution is -2.30. The van der Waals surface area contributed by atoms with E-state index < -0.39 is 0 Å². The van der Waals surface area contributed by atoms with E-state index in [2.05, 4.69) is 171 Å². The Balaban J connectivity index is 1.01. The van der Waals surface area contributed by atoms with Crippen LogP contribution in [0.1, 0.15) is 50.2 Å². The van der Waals surface area contributed by atoms with Crippen molar-refractivity contribution in [3.05, 3.63) is 187 Å². The maximum absolute atomic E-state index is 9.49. The first-order valence-electron chi connectivity index (χ1n) is 21.6. The van der Waals surface area contributed by atoms with Gasteiger partial charge in [-0.05, 0) is 115 Å². The Kier molecular flexibility index (Phi) is 9.12. The fourth-order valence-corrected chi connectivity index (χ4v) is 10.6. The van der Waals surface area contributed by atoms with E-state index in [1.54, 1.807) is 0 Å². The van der Waals surface area contributed by atoms with Gasteiger partial charge in [0, 0.05) is 16.7 Å². The fourth-order valence-electron chi connectivity index (χ4n) is 10.6. The second kappa shape index (κ2) is 15.1. The molecule has 2 saturated carbocycles. The molecule has 2 fully saturated rings. The third-order valence-electron chi connectivity index (χ3n) is 13.5. The highest BCUT2D eigenvalue weighted by Crippen LogP contribution is 2.52. The lowest BCUT2D eigenvalue weighted by molar-refractivity contribution is 0.232.